The van der Waals surface area contributed by atoms with E-state index < -0.39 is 0 Å². The maximum atomic E-state index is 12.4. The van der Waals surface area contributed by atoms with Crippen LogP contribution in [0.15, 0.2) is 24.3 Å². The predicted octanol–water partition coefficient (Wildman–Crippen LogP) is 1.61. The quantitative estimate of drug-likeness (QED) is 0.816. The standard InChI is InChI=1S/C17H25N3O3.2ClH/c1-12-16(18-8-10-23-12)17(21)19-13-7-9-20(11-13)14-5-3-4-6-15(14)22-2;;/h3-6,12-13,16,18H,7-11H2,1-2H3,(H,19,21);2*1H/t12-,13?,16+;;/m1../s1. The molecule has 0 aromatic heterocycles. The molecule has 2 aliphatic rings. The fourth-order valence-corrected chi connectivity index (χ4v) is 3.31. The van der Waals surface area contributed by atoms with Crippen molar-refractivity contribution in [2.75, 3.05) is 38.3 Å². The first kappa shape index (κ1) is 21.8. The molecule has 0 spiro atoms. The van der Waals surface area contributed by atoms with Crippen LogP contribution < -0.4 is 20.3 Å². The third-order valence-corrected chi connectivity index (χ3v) is 4.56. The molecule has 2 fully saturated rings. The molecule has 2 aliphatic heterocycles. The van der Waals surface area contributed by atoms with Crippen molar-refractivity contribution in [2.24, 2.45) is 0 Å². The van der Waals surface area contributed by atoms with Gasteiger partial charge in [0.25, 0.3) is 0 Å². The zero-order chi connectivity index (χ0) is 16.2. The number of morpholine rings is 1. The number of amides is 1. The topological polar surface area (TPSA) is 62.8 Å². The van der Waals surface area contributed by atoms with E-state index in [9.17, 15) is 4.79 Å². The van der Waals surface area contributed by atoms with Crippen molar-refractivity contribution in [3.05, 3.63) is 24.3 Å². The smallest absolute Gasteiger partial charge is 0.240 e. The van der Waals surface area contributed by atoms with Crippen LogP contribution in [-0.2, 0) is 9.53 Å². The Morgan fingerprint density at radius 1 is 1.36 bits per heavy atom. The second-order valence-electron chi connectivity index (χ2n) is 6.12. The molecule has 0 bridgehead atoms. The molecule has 3 atom stereocenters. The minimum Gasteiger partial charge on any atom is -0.495 e. The number of carbonyl (C=O) groups excluding carboxylic acids is 1. The van der Waals surface area contributed by atoms with Crippen LogP contribution >= 0.6 is 24.8 Å². The maximum absolute atomic E-state index is 12.4. The fourth-order valence-electron chi connectivity index (χ4n) is 3.31. The molecule has 1 aromatic rings. The van der Waals surface area contributed by atoms with Gasteiger partial charge in [-0.1, -0.05) is 12.1 Å². The van der Waals surface area contributed by atoms with Gasteiger partial charge in [0.2, 0.25) is 5.91 Å². The van der Waals surface area contributed by atoms with E-state index in [-0.39, 0.29) is 48.9 Å². The number of anilines is 1. The van der Waals surface area contributed by atoms with E-state index >= 15 is 0 Å². The van der Waals surface area contributed by atoms with Crippen LogP contribution in [0.1, 0.15) is 13.3 Å². The van der Waals surface area contributed by atoms with Gasteiger partial charge < -0.3 is 25.0 Å². The Hall–Kier alpha value is -1.21. The van der Waals surface area contributed by atoms with Crippen LogP contribution in [0.3, 0.4) is 0 Å². The van der Waals surface area contributed by atoms with Crippen molar-refractivity contribution >= 4 is 36.4 Å². The van der Waals surface area contributed by atoms with Crippen LogP contribution in [0, 0.1) is 0 Å². The molecule has 1 unspecified atom stereocenters. The van der Waals surface area contributed by atoms with E-state index in [4.69, 9.17) is 9.47 Å². The Kier molecular flexibility index (Phi) is 8.79. The average molecular weight is 392 g/mol. The van der Waals surface area contributed by atoms with Crippen LogP contribution in [0.25, 0.3) is 0 Å². The van der Waals surface area contributed by atoms with E-state index in [1.165, 1.54) is 0 Å². The summed E-state index contributed by atoms with van der Waals surface area (Å²) < 4.78 is 11.0. The lowest BCUT2D eigenvalue weighted by atomic mass is 10.1. The van der Waals surface area contributed by atoms with Crippen molar-refractivity contribution in [1.82, 2.24) is 10.6 Å². The zero-order valence-electron chi connectivity index (χ0n) is 14.6. The average Bonchev–Trinajstić information content (AvgIpc) is 3.03. The lowest BCUT2D eigenvalue weighted by Gasteiger charge is -2.30. The van der Waals surface area contributed by atoms with Crippen molar-refractivity contribution in [3.63, 3.8) is 0 Å². The minimum atomic E-state index is -0.260. The number of halogens is 2. The first-order chi connectivity index (χ1) is 11.2. The fraction of sp³-hybridized carbons (Fsp3) is 0.588. The molecular formula is C17H27Cl2N3O3. The van der Waals surface area contributed by atoms with Gasteiger partial charge in [-0.05, 0) is 25.5 Å². The van der Waals surface area contributed by atoms with Crippen LogP contribution in [-0.4, -0.2) is 57.4 Å². The van der Waals surface area contributed by atoms with Crippen molar-refractivity contribution in [3.8, 4) is 5.75 Å². The van der Waals surface area contributed by atoms with Gasteiger partial charge in [-0.15, -0.1) is 24.8 Å². The van der Waals surface area contributed by atoms with Gasteiger partial charge in [0.1, 0.15) is 11.8 Å². The third-order valence-electron chi connectivity index (χ3n) is 4.56. The number of benzene rings is 1. The molecule has 8 heteroatoms. The summed E-state index contributed by atoms with van der Waals surface area (Å²) in [4.78, 5) is 14.7. The van der Waals surface area contributed by atoms with E-state index in [0.717, 1.165) is 37.5 Å². The summed E-state index contributed by atoms with van der Waals surface area (Å²) in [5.41, 5.74) is 1.08. The number of rotatable bonds is 4. The Morgan fingerprint density at radius 3 is 2.84 bits per heavy atom. The lowest BCUT2D eigenvalue weighted by molar-refractivity contribution is -0.129. The van der Waals surface area contributed by atoms with Crippen molar-refractivity contribution in [1.29, 1.82) is 0 Å². The molecule has 25 heavy (non-hydrogen) atoms. The highest BCUT2D eigenvalue weighted by atomic mass is 35.5. The van der Waals surface area contributed by atoms with E-state index in [0.29, 0.717) is 6.61 Å². The summed E-state index contributed by atoms with van der Waals surface area (Å²) >= 11 is 0. The maximum Gasteiger partial charge on any atom is 0.240 e. The summed E-state index contributed by atoms with van der Waals surface area (Å²) in [5, 5.41) is 6.39. The number of hydrogen-bond acceptors (Lipinski definition) is 5. The molecule has 6 nitrogen and oxygen atoms in total. The van der Waals surface area contributed by atoms with E-state index in [1.54, 1.807) is 7.11 Å². The molecular weight excluding hydrogens is 365 g/mol. The third kappa shape index (κ3) is 5.14. The predicted molar refractivity (Wildman–Crippen MR) is 103 cm³/mol. The lowest BCUT2D eigenvalue weighted by Crippen LogP contribution is -2.57. The number of hydrogen-bond donors (Lipinski definition) is 2. The Morgan fingerprint density at radius 2 is 2.12 bits per heavy atom. The SMILES string of the molecule is COc1ccccc1N1CCC(NC(=O)[C@H]2NCCO[C@@H]2C)C1.Cl.Cl. The van der Waals surface area contributed by atoms with Gasteiger partial charge in [0, 0.05) is 25.7 Å². The molecule has 2 heterocycles. The van der Waals surface area contributed by atoms with Gasteiger partial charge in [0.05, 0.1) is 25.5 Å². The zero-order valence-corrected chi connectivity index (χ0v) is 16.2. The highest BCUT2D eigenvalue weighted by Gasteiger charge is 2.32. The highest BCUT2D eigenvalue weighted by molar-refractivity contribution is 5.85. The molecule has 1 amide bonds. The Labute approximate surface area is 161 Å². The molecule has 0 radical (unpaired) electrons. The van der Waals surface area contributed by atoms with Gasteiger partial charge in [-0.25, -0.2) is 0 Å². The van der Waals surface area contributed by atoms with Gasteiger partial charge in [0.15, 0.2) is 0 Å². The summed E-state index contributed by atoms with van der Waals surface area (Å²) in [5.74, 6) is 0.902. The van der Waals surface area contributed by atoms with Gasteiger partial charge in [-0.2, -0.15) is 0 Å². The number of carbonyl (C=O) groups is 1. The number of para-hydroxylation sites is 2. The molecule has 2 saturated heterocycles. The van der Waals surface area contributed by atoms with E-state index in [2.05, 4.69) is 21.6 Å². The molecule has 0 saturated carbocycles. The number of ether oxygens (including phenoxy) is 2. The van der Waals surface area contributed by atoms with E-state index in [1.807, 2.05) is 25.1 Å². The molecule has 3 rings (SSSR count). The summed E-state index contributed by atoms with van der Waals surface area (Å²) in [6.45, 7) is 5.03. The summed E-state index contributed by atoms with van der Waals surface area (Å²) in [7, 11) is 1.68. The molecule has 1 aromatic carbocycles. The molecule has 0 aliphatic carbocycles. The molecule has 142 valence electrons. The number of nitrogens with zero attached hydrogens (tertiary/aromatic N) is 1. The van der Waals surface area contributed by atoms with Crippen LogP contribution in [0.2, 0.25) is 0 Å². The molecule has 2 N–H and O–H groups in total. The van der Waals surface area contributed by atoms with Crippen LogP contribution in [0.4, 0.5) is 5.69 Å². The largest absolute Gasteiger partial charge is 0.495 e. The van der Waals surface area contributed by atoms with Gasteiger partial charge >= 0.3 is 0 Å². The van der Waals surface area contributed by atoms with Gasteiger partial charge in [-0.3, -0.25) is 4.79 Å². The minimum absolute atomic E-state index is 0. The summed E-state index contributed by atoms with van der Waals surface area (Å²) in [6.07, 6.45) is 0.849. The van der Waals surface area contributed by atoms with Crippen LogP contribution in [0.5, 0.6) is 5.75 Å². The summed E-state index contributed by atoms with van der Waals surface area (Å²) in [6, 6.07) is 7.89. The first-order valence-corrected chi connectivity index (χ1v) is 8.22. The second-order valence-corrected chi connectivity index (χ2v) is 6.12. The second kappa shape index (κ2) is 10.1. The monoisotopic (exact) mass is 391 g/mol. The normalized spacial score (nSPS) is 25.5. The Balaban J connectivity index is 0.00000156. The number of methoxy groups -OCH3 is 1. The number of nitrogens with one attached hydrogen (secondary N) is 2. The Bertz CT molecular complexity index is 562. The first-order valence-electron chi connectivity index (χ1n) is 8.22. The highest BCUT2D eigenvalue weighted by Crippen LogP contribution is 2.30. The van der Waals surface area contributed by atoms with Crippen molar-refractivity contribution in [2.45, 2.75) is 31.5 Å². The van der Waals surface area contributed by atoms with Crippen molar-refractivity contribution < 1.29 is 14.3 Å².